The highest BCUT2D eigenvalue weighted by Gasteiger charge is 2.10. The summed E-state index contributed by atoms with van der Waals surface area (Å²) < 4.78 is 5.15. The smallest absolute Gasteiger partial charge is 0.371 e. The lowest BCUT2D eigenvalue weighted by atomic mass is 10.2. The Hall–Kier alpha value is -2.02. The number of carboxylic acid groups (broad SMARTS) is 1. The van der Waals surface area contributed by atoms with Gasteiger partial charge in [0.1, 0.15) is 5.76 Å². The predicted molar refractivity (Wildman–Crippen MR) is 78.7 cm³/mol. The van der Waals surface area contributed by atoms with E-state index in [4.69, 9.17) is 9.52 Å². The van der Waals surface area contributed by atoms with Crippen LogP contribution in [0.3, 0.4) is 0 Å². The van der Waals surface area contributed by atoms with Crippen molar-refractivity contribution in [1.82, 2.24) is 9.97 Å². The lowest BCUT2D eigenvalue weighted by Crippen LogP contribution is -2.10. The van der Waals surface area contributed by atoms with Gasteiger partial charge in [-0.05, 0) is 25.0 Å². The zero-order chi connectivity index (χ0) is 15.2. The van der Waals surface area contributed by atoms with Crippen LogP contribution in [0.1, 0.15) is 41.8 Å². The Kier molecular flexibility index (Phi) is 5.21. The molecule has 0 atom stereocenters. The van der Waals surface area contributed by atoms with Gasteiger partial charge in [-0.25, -0.2) is 9.78 Å². The third kappa shape index (κ3) is 4.49. The Morgan fingerprint density at radius 3 is 2.95 bits per heavy atom. The van der Waals surface area contributed by atoms with Crippen molar-refractivity contribution in [2.24, 2.45) is 0 Å². The van der Waals surface area contributed by atoms with Crippen molar-refractivity contribution in [3.63, 3.8) is 0 Å². The summed E-state index contributed by atoms with van der Waals surface area (Å²) >= 11 is 1.31. The van der Waals surface area contributed by atoms with Gasteiger partial charge in [-0.2, -0.15) is 0 Å². The standard InChI is InChI=1S/C14H16N2O4S/c1-2-3-4-9-7-12(17)16-14(15-9)21-8-10-5-6-11(20-10)13(18)19/h5-7H,2-4,8H2,1H3,(H,18,19)(H,15,16,17). The summed E-state index contributed by atoms with van der Waals surface area (Å²) in [4.78, 5) is 29.3. The van der Waals surface area contributed by atoms with Crippen LogP contribution in [0.2, 0.25) is 0 Å². The Balaban J connectivity index is 2.03. The molecule has 0 radical (unpaired) electrons. The first-order chi connectivity index (χ1) is 10.1. The molecule has 2 aromatic rings. The van der Waals surface area contributed by atoms with Gasteiger partial charge >= 0.3 is 5.97 Å². The summed E-state index contributed by atoms with van der Waals surface area (Å²) in [6.07, 6.45) is 2.81. The lowest BCUT2D eigenvalue weighted by molar-refractivity contribution is 0.0661. The molecule has 0 aliphatic heterocycles. The van der Waals surface area contributed by atoms with Crippen molar-refractivity contribution in [3.05, 3.63) is 45.8 Å². The van der Waals surface area contributed by atoms with Crippen molar-refractivity contribution < 1.29 is 14.3 Å². The molecule has 0 bridgehead atoms. The first kappa shape index (κ1) is 15.4. The van der Waals surface area contributed by atoms with Gasteiger partial charge in [0.25, 0.3) is 5.56 Å². The maximum atomic E-state index is 11.6. The molecular formula is C14H16N2O4S. The Morgan fingerprint density at radius 2 is 2.29 bits per heavy atom. The summed E-state index contributed by atoms with van der Waals surface area (Å²) in [5, 5.41) is 9.29. The third-order valence-electron chi connectivity index (χ3n) is 2.78. The molecule has 0 saturated carbocycles. The minimum absolute atomic E-state index is 0.0938. The number of aromatic amines is 1. The molecule has 2 heterocycles. The summed E-state index contributed by atoms with van der Waals surface area (Å²) in [6.45, 7) is 2.08. The lowest BCUT2D eigenvalue weighted by Gasteiger charge is -2.02. The maximum Gasteiger partial charge on any atom is 0.371 e. The first-order valence-electron chi connectivity index (χ1n) is 6.63. The van der Waals surface area contributed by atoms with Gasteiger partial charge < -0.3 is 14.5 Å². The van der Waals surface area contributed by atoms with Crippen LogP contribution in [0.15, 0.2) is 32.6 Å². The number of carbonyl (C=O) groups is 1. The fourth-order valence-electron chi connectivity index (χ4n) is 1.75. The average Bonchev–Trinajstić information content (AvgIpc) is 2.91. The van der Waals surface area contributed by atoms with E-state index in [1.165, 1.54) is 23.9 Å². The highest BCUT2D eigenvalue weighted by Crippen LogP contribution is 2.20. The van der Waals surface area contributed by atoms with E-state index in [-0.39, 0.29) is 11.3 Å². The number of aromatic nitrogens is 2. The molecule has 0 amide bonds. The fraction of sp³-hybridized carbons (Fsp3) is 0.357. The van der Waals surface area contributed by atoms with E-state index in [2.05, 4.69) is 16.9 Å². The molecule has 2 rings (SSSR count). The average molecular weight is 308 g/mol. The summed E-state index contributed by atoms with van der Waals surface area (Å²) in [5.74, 6) is -0.255. The number of aromatic carboxylic acids is 1. The number of nitrogens with one attached hydrogen (secondary N) is 1. The Bertz CT molecular complexity index is 678. The minimum atomic E-state index is -1.10. The van der Waals surface area contributed by atoms with Gasteiger partial charge in [0.2, 0.25) is 5.76 Å². The molecule has 0 spiro atoms. The van der Waals surface area contributed by atoms with E-state index < -0.39 is 5.97 Å². The largest absolute Gasteiger partial charge is 0.475 e. The molecule has 0 aliphatic carbocycles. The molecule has 0 aliphatic rings. The number of hydrogen-bond acceptors (Lipinski definition) is 5. The molecule has 0 unspecified atom stereocenters. The molecule has 0 saturated heterocycles. The quantitative estimate of drug-likeness (QED) is 0.603. The van der Waals surface area contributed by atoms with Crippen molar-refractivity contribution in [3.8, 4) is 0 Å². The van der Waals surface area contributed by atoms with E-state index in [0.717, 1.165) is 25.0 Å². The predicted octanol–water partition coefficient (Wildman–Crippen LogP) is 2.70. The van der Waals surface area contributed by atoms with Crippen molar-refractivity contribution in [2.75, 3.05) is 0 Å². The summed E-state index contributed by atoms with van der Waals surface area (Å²) in [7, 11) is 0. The molecule has 21 heavy (non-hydrogen) atoms. The maximum absolute atomic E-state index is 11.6. The number of rotatable bonds is 7. The van der Waals surface area contributed by atoms with E-state index >= 15 is 0 Å². The molecule has 2 N–H and O–H groups in total. The second kappa shape index (κ2) is 7.12. The van der Waals surface area contributed by atoms with Crippen LogP contribution in [0, 0.1) is 0 Å². The van der Waals surface area contributed by atoms with Crippen molar-refractivity contribution in [2.45, 2.75) is 37.1 Å². The van der Waals surface area contributed by atoms with Crippen LogP contribution in [-0.2, 0) is 12.2 Å². The second-order valence-corrected chi connectivity index (χ2v) is 5.47. The molecule has 0 fully saturated rings. The van der Waals surface area contributed by atoms with Gasteiger partial charge in [-0.15, -0.1) is 0 Å². The van der Waals surface area contributed by atoms with E-state index in [9.17, 15) is 9.59 Å². The zero-order valence-electron chi connectivity index (χ0n) is 11.6. The monoisotopic (exact) mass is 308 g/mol. The van der Waals surface area contributed by atoms with E-state index in [0.29, 0.717) is 16.7 Å². The number of hydrogen-bond donors (Lipinski definition) is 2. The Morgan fingerprint density at radius 1 is 1.48 bits per heavy atom. The van der Waals surface area contributed by atoms with Gasteiger partial charge in [-0.1, -0.05) is 25.1 Å². The molecule has 0 aromatic carbocycles. The van der Waals surface area contributed by atoms with E-state index in [1.807, 2.05) is 0 Å². The number of aryl methyl sites for hydroxylation is 1. The number of thioether (sulfide) groups is 1. The van der Waals surface area contributed by atoms with Crippen LogP contribution in [-0.4, -0.2) is 21.0 Å². The van der Waals surface area contributed by atoms with Gasteiger partial charge in [0.05, 0.1) is 5.75 Å². The van der Waals surface area contributed by atoms with Crippen LogP contribution in [0.4, 0.5) is 0 Å². The molecular weight excluding hydrogens is 292 g/mol. The fourth-order valence-corrected chi connectivity index (χ4v) is 2.54. The first-order valence-corrected chi connectivity index (χ1v) is 7.62. The number of furan rings is 1. The van der Waals surface area contributed by atoms with Gasteiger partial charge in [-0.3, -0.25) is 4.79 Å². The van der Waals surface area contributed by atoms with Crippen LogP contribution < -0.4 is 5.56 Å². The van der Waals surface area contributed by atoms with Crippen LogP contribution >= 0.6 is 11.8 Å². The third-order valence-corrected chi connectivity index (χ3v) is 3.68. The zero-order valence-corrected chi connectivity index (χ0v) is 12.4. The number of unbranched alkanes of at least 4 members (excludes halogenated alkanes) is 1. The molecule has 7 heteroatoms. The van der Waals surface area contributed by atoms with Gasteiger partial charge in [0.15, 0.2) is 5.16 Å². The van der Waals surface area contributed by atoms with Crippen molar-refractivity contribution >= 4 is 17.7 Å². The molecule has 2 aromatic heterocycles. The number of carboxylic acids is 1. The topological polar surface area (TPSA) is 96.2 Å². The number of H-pyrrole nitrogens is 1. The van der Waals surface area contributed by atoms with Crippen molar-refractivity contribution in [1.29, 1.82) is 0 Å². The normalized spacial score (nSPS) is 10.7. The molecule has 112 valence electrons. The SMILES string of the molecule is CCCCc1cc(=O)[nH]c(SCc2ccc(C(=O)O)o2)n1. The molecule has 6 nitrogen and oxygen atoms in total. The Labute approximate surface area is 125 Å². The number of nitrogens with zero attached hydrogens (tertiary/aromatic N) is 1. The summed E-state index contributed by atoms with van der Waals surface area (Å²) in [5.41, 5.74) is 0.595. The van der Waals surface area contributed by atoms with Crippen LogP contribution in [0.25, 0.3) is 0 Å². The van der Waals surface area contributed by atoms with Gasteiger partial charge in [0, 0.05) is 11.8 Å². The second-order valence-electron chi connectivity index (χ2n) is 4.51. The van der Waals surface area contributed by atoms with E-state index in [1.54, 1.807) is 6.07 Å². The highest BCUT2D eigenvalue weighted by atomic mass is 32.2. The highest BCUT2D eigenvalue weighted by molar-refractivity contribution is 7.98. The minimum Gasteiger partial charge on any atom is -0.475 e. The summed E-state index contributed by atoms with van der Waals surface area (Å²) in [6, 6.07) is 4.52. The van der Waals surface area contributed by atoms with Crippen LogP contribution in [0.5, 0.6) is 0 Å².